The number of thioether (sulfide) groups is 1. The summed E-state index contributed by atoms with van der Waals surface area (Å²) in [5, 5.41) is 13.1. The summed E-state index contributed by atoms with van der Waals surface area (Å²) in [6.07, 6.45) is 1.78. The Morgan fingerprint density at radius 1 is 1.44 bits per heavy atom. The number of carbonyl (C=O) groups excluding carboxylic acids is 1. The average molecular weight is 286 g/mol. The second-order valence-electron chi connectivity index (χ2n) is 4.45. The molecular weight excluding hydrogens is 270 g/mol. The van der Waals surface area contributed by atoms with Gasteiger partial charge >= 0.3 is 0 Å². The van der Waals surface area contributed by atoms with Crippen LogP contribution in [0.5, 0.6) is 0 Å². The second kappa shape index (κ2) is 6.45. The molecule has 1 aliphatic rings. The highest BCUT2D eigenvalue weighted by Crippen LogP contribution is 2.32. The predicted molar refractivity (Wildman–Crippen MR) is 73.9 cm³/mol. The number of aliphatic hydroxyl groups is 1. The van der Waals surface area contributed by atoms with Crippen LogP contribution in [0.25, 0.3) is 0 Å². The molecule has 0 saturated heterocycles. The molecule has 1 aromatic rings. The number of halogens is 1. The maximum atomic E-state index is 11.6. The molecule has 2 N–H and O–H groups in total. The van der Waals surface area contributed by atoms with Crippen molar-refractivity contribution in [3.8, 4) is 0 Å². The fourth-order valence-electron chi connectivity index (χ4n) is 1.60. The SMILES string of the molecule is O=C(CSc1ccc(Cl)cc1)NCC(O)C1CC1. The zero-order chi connectivity index (χ0) is 13.0. The minimum absolute atomic E-state index is 0.0466. The molecule has 0 spiro atoms. The molecule has 3 nitrogen and oxygen atoms in total. The number of aliphatic hydroxyl groups excluding tert-OH is 1. The molecule has 1 atom stereocenters. The van der Waals surface area contributed by atoms with E-state index in [4.69, 9.17) is 11.6 Å². The molecule has 0 aliphatic heterocycles. The lowest BCUT2D eigenvalue weighted by molar-refractivity contribution is -0.119. The Hall–Kier alpha value is -0.710. The number of rotatable bonds is 6. The highest BCUT2D eigenvalue weighted by Gasteiger charge is 2.29. The van der Waals surface area contributed by atoms with Gasteiger partial charge in [-0.2, -0.15) is 0 Å². The smallest absolute Gasteiger partial charge is 0.230 e. The van der Waals surface area contributed by atoms with Crippen molar-refractivity contribution in [2.45, 2.75) is 23.8 Å². The van der Waals surface area contributed by atoms with Crippen LogP contribution in [0, 0.1) is 5.92 Å². The molecule has 1 amide bonds. The summed E-state index contributed by atoms with van der Waals surface area (Å²) in [6.45, 7) is 0.366. The Morgan fingerprint density at radius 3 is 2.72 bits per heavy atom. The molecule has 0 aromatic heterocycles. The van der Waals surface area contributed by atoms with E-state index in [0.717, 1.165) is 17.7 Å². The number of nitrogens with one attached hydrogen (secondary N) is 1. The van der Waals surface area contributed by atoms with Crippen LogP contribution >= 0.6 is 23.4 Å². The summed E-state index contributed by atoms with van der Waals surface area (Å²) in [5.41, 5.74) is 0. The van der Waals surface area contributed by atoms with Gasteiger partial charge in [-0.3, -0.25) is 4.79 Å². The Morgan fingerprint density at radius 2 is 2.11 bits per heavy atom. The standard InChI is InChI=1S/C13H16ClNO2S/c14-10-3-5-11(6-4-10)18-8-13(17)15-7-12(16)9-1-2-9/h3-6,9,12,16H,1-2,7-8H2,(H,15,17). The highest BCUT2D eigenvalue weighted by molar-refractivity contribution is 8.00. The molecule has 98 valence electrons. The van der Waals surface area contributed by atoms with Crippen molar-refractivity contribution in [3.05, 3.63) is 29.3 Å². The van der Waals surface area contributed by atoms with Crippen molar-refractivity contribution >= 4 is 29.3 Å². The Bertz CT molecular complexity index is 406. The number of amides is 1. The lowest BCUT2D eigenvalue weighted by Gasteiger charge is -2.10. The second-order valence-corrected chi connectivity index (χ2v) is 5.94. The van der Waals surface area contributed by atoms with Gasteiger partial charge in [-0.15, -0.1) is 11.8 Å². The van der Waals surface area contributed by atoms with Crippen LogP contribution in [0.15, 0.2) is 29.2 Å². The van der Waals surface area contributed by atoms with Gasteiger partial charge in [-0.25, -0.2) is 0 Å². The van der Waals surface area contributed by atoms with E-state index in [1.807, 2.05) is 12.1 Å². The number of carbonyl (C=O) groups is 1. The molecular formula is C13H16ClNO2S. The largest absolute Gasteiger partial charge is 0.391 e. The lowest BCUT2D eigenvalue weighted by atomic mass is 10.2. The van der Waals surface area contributed by atoms with Gasteiger partial charge in [0.2, 0.25) is 5.91 Å². The third-order valence-electron chi connectivity index (χ3n) is 2.86. The molecule has 0 bridgehead atoms. The average Bonchev–Trinajstić information content (AvgIpc) is 3.19. The van der Waals surface area contributed by atoms with E-state index < -0.39 is 0 Å². The van der Waals surface area contributed by atoms with Crippen LogP contribution in [0.2, 0.25) is 5.02 Å². The molecule has 1 unspecified atom stereocenters. The van der Waals surface area contributed by atoms with E-state index >= 15 is 0 Å². The van der Waals surface area contributed by atoms with Crippen molar-refractivity contribution in [2.24, 2.45) is 5.92 Å². The summed E-state index contributed by atoms with van der Waals surface area (Å²) < 4.78 is 0. The molecule has 0 radical (unpaired) electrons. The summed E-state index contributed by atoms with van der Waals surface area (Å²) in [5.74, 6) is 0.711. The van der Waals surface area contributed by atoms with E-state index in [1.54, 1.807) is 12.1 Å². The predicted octanol–water partition coefficient (Wildman–Crippen LogP) is 2.32. The minimum Gasteiger partial charge on any atom is -0.391 e. The normalized spacial score (nSPS) is 16.3. The monoisotopic (exact) mass is 285 g/mol. The molecule has 5 heteroatoms. The number of benzene rings is 1. The zero-order valence-electron chi connectivity index (χ0n) is 9.93. The van der Waals surface area contributed by atoms with Gasteiger partial charge in [-0.05, 0) is 43.0 Å². The van der Waals surface area contributed by atoms with Crippen molar-refractivity contribution in [1.29, 1.82) is 0 Å². The van der Waals surface area contributed by atoms with E-state index in [-0.39, 0.29) is 12.0 Å². The van der Waals surface area contributed by atoms with Gasteiger partial charge in [0.25, 0.3) is 0 Å². The molecule has 2 rings (SSSR count). The lowest BCUT2D eigenvalue weighted by Crippen LogP contribution is -2.34. The van der Waals surface area contributed by atoms with Gasteiger partial charge in [0.15, 0.2) is 0 Å². The van der Waals surface area contributed by atoms with E-state index in [2.05, 4.69) is 5.32 Å². The first-order valence-electron chi connectivity index (χ1n) is 5.98. The van der Waals surface area contributed by atoms with E-state index in [1.165, 1.54) is 11.8 Å². The minimum atomic E-state index is -0.380. The van der Waals surface area contributed by atoms with Crippen LogP contribution in [-0.2, 0) is 4.79 Å². The maximum Gasteiger partial charge on any atom is 0.230 e. The van der Waals surface area contributed by atoms with Crippen molar-refractivity contribution in [3.63, 3.8) is 0 Å². The van der Waals surface area contributed by atoms with E-state index in [0.29, 0.717) is 23.2 Å². The van der Waals surface area contributed by atoms with Crippen molar-refractivity contribution in [1.82, 2.24) is 5.32 Å². The first kappa shape index (κ1) is 13.7. The highest BCUT2D eigenvalue weighted by atomic mass is 35.5. The summed E-state index contributed by atoms with van der Waals surface area (Å²) in [6, 6.07) is 7.38. The van der Waals surface area contributed by atoms with Crippen LogP contribution in [0.3, 0.4) is 0 Å². The van der Waals surface area contributed by atoms with Gasteiger partial charge in [-0.1, -0.05) is 11.6 Å². The molecule has 1 aliphatic carbocycles. The molecule has 1 saturated carbocycles. The quantitative estimate of drug-likeness (QED) is 0.789. The van der Waals surface area contributed by atoms with Gasteiger partial charge in [0.05, 0.1) is 11.9 Å². The first-order chi connectivity index (χ1) is 8.65. The van der Waals surface area contributed by atoms with Gasteiger partial charge < -0.3 is 10.4 Å². The molecule has 18 heavy (non-hydrogen) atoms. The fourth-order valence-corrected chi connectivity index (χ4v) is 2.45. The van der Waals surface area contributed by atoms with Crippen LogP contribution in [-0.4, -0.2) is 29.4 Å². The van der Waals surface area contributed by atoms with Crippen molar-refractivity contribution < 1.29 is 9.90 Å². The van der Waals surface area contributed by atoms with Gasteiger partial charge in [0.1, 0.15) is 0 Å². The van der Waals surface area contributed by atoms with Crippen LogP contribution < -0.4 is 5.32 Å². The Labute approximate surface area is 116 Å². The zero-order valence-corrected chi connectivity index (χ0v) is 11.5. The summed E-state index contributed by atoms with van der Waals surface area (Å²) >= 11 is 7.24. The topological polar surface area (TPSA) is 49.3 Å². The number of hydrogen-bond acceptors (Lipinski definition) is 3. The first-order valence-corrected chi connectivity index (χ1v) is 7.34. The maximum absolute atomic E-state index is 11.6. The van der Waals surface area contributed by atoms with E-state index in [9.17, 15) is 9.90 Å². The van der Waals surface area contributed by atoms with Crippen molar-refractivity contribution in [2.75, 3.05) is 12.3 Å². The Balaban J connectivity index is 1.66. The van der Waals surface area contributed by atoms with Gasteiger partial charge in [0, 0.05) is 16.5 Å². The Kier molecular flexibility index (Phi) is 4.92. The molecule has 0 heterocycles. The third-order valence-corrected chi connectivity index (χ3v) is 4.12. The fraction of sp³-hybridized carbons (Fsp3) is 0.462. The van der Waals surface area contributed by atoms with Crippen LogP contribution in [0.4, 0.5) is 0 Å². The summed E-state index contributed by atoms with van der Waals surface area (Å²) in [7, 11) is 0. The van der Waals surface area contributed by atoms with Crippen LogP contribution in [0.1, 0.15) is 12.8 Å². The number of hydrogen-bond donors (Lipinski definition) is 2. The molecule has 1 aromatic carbocycles. The summed E-state index contributed by atoms with van der Waals surface area (Å²) in [4.78, 5) is 12.6. The third kappa shape index (κ3) is 4.52. The molecule has 1 fully saturated rings.